The summed E-state index contributed by atoms with van der Waals surface area (Å²) in [7, 11) is 2.95. The zero-order valence-electron chi connectivity index (χ0n) is 10.5. The van der Waals surface area contributed by atoms with E-state index in [4.69, 9.17) is 21.1 Å². The number of hydrogen-bond donors (Lipinski definition) is 0. The summed E-state index contributed by atoms with van der Waals surface area (Å²) in [5.74, 6) is 0.172. The minimum Gasteiger partial charge on any atom is -0.494 e. The fourth-order valence-corrected chi connectivity index (χ4v) is 1.83. The lowest BCUT2D eigenvalue weighted by Gasteiger charge is -2.07. The molecule has 2 aromatic rings. The van der Waals surface area contributed by atoms with E-state index < -0.39 is 5.82 Å². The van der Waals surface area contributed by atoms with Crippen molar-refractivity contribution >= 4 is 11.6 Å². The first kappa shape index (κ1) is 13.7. The van der Waals surface area contributed by atoms with Gasteiger partial charge in [-0.2, -0.15) is 0 Å². The van der Waals surface area contributed by atoms with Crippen LogP contribution in [-0.2, 0) is 11.3 Å². The van der Waals surface area contributed by atoms with Crippen molar-refractivity contribution < 1.29 is 13.9 Å². The lowest BCUT2D eigenvalue weighted by atomic mass is 10.1. The van der Waals surface area contributed by atoms with Gasteiger partial charge in [0.15, 0.2) is 17.4 Å². The third-order valence-electron chi connectivity index (χ3n) is 2.46. The van der Waals surface area contributed by atoms with Crippen LogP contribution in [0.15, 0.2) is 24.3 Å². The number of ether oxygens (including phenoxy) is 2. The molecule has 0 saturated carbocycles. The summed E-state index contributed by atoms with van der Waals surface area (Å²) in [6.45, 7) is 0.242. The van der Waals surface area contributed by atoms with Crippen LogP contribution in [0.3, 0.4) is 0 Å². The summed E-state index contributed by atoms with van der Waals surface area (Å²) in [4.78, 5) is 8.28. The highest BCUT2D eigenvalue weighted by atomic mass is 35.5. The summed E-state index contributed by atoms with van der Waals surface area (Å²) in [6, 6.07) is 6.16. The van der Waals surface area contributed by atoms with E-state index in [0.29, 0.717) is 17.1 Å². The Morgan fingerprint density at radius 2 is 2.00 bits per heavy atom. The second-order valence-electron chi connectivity index (χ2n) is 3.77. The predicted molar refractivity (Wildman–Crippen MR) is 69.7 cm³/mol. The van der Waals surface area contributed by atoms with E-state index in [9.17, 15) is 4.39 Å². The van der Waals surface area contributed by atoms with Gasteiger partial charge in [0.2, 0.25) is 0 Å². The van der Waals surface area contributed by atoms with Crippen molar-refractivity contribution in [2.24, 2.45) is 0 Å². The number of hydrogen-bond acceptors (Lipinski definition) is 4. The summed E-state index contributed by atoms with van der Waals surface area (Å²) in [6.07, 6.45) is 0. The maximum atomic E-state index is 13.7. The van der Waals surface area contributed by atoms with Gasteiger partial charge in [-0.05, 0) is 18.2 Å². The first-order valence-electron chi connectivity index (χ1n) is 5.50. The van der Waals surface area contributed by atoms with Gasteiger partial charge in [0.1, 0.15) is 11.8 Å². The molecule has 0 spiro atoms. The van der Waals surface area contributed by atoms with Gasteiger partial charge in [0, 0.05) is 18.7 Å². The van der Waals surface area contributed by atoms with Crippen LogP contribution in [0.2, 0.25) is 5.15 Å². The molecule has 0 radical (unpaired) electrons. The molecule has 0 fully saturated rings. The van der Waals surface area contributed by atoms with Crippen molar-refractivity contribution in [1.29, 1.82) is 0 Å². The Morgan fingerprint density at radius 3 is 2.63 bits per heavy atom. The zero-order chi connectivity index (χ0) is 13.8. The summed E-state index contributed by atoms with van der Waals surface area (Å²) in [5, 5.41) is 0.285. The highest BCUT2D eigenvalue weighted by Crippen LogP contribution is 2.25. The van der Waals surface area contributed by atoms with Crippen LogP contribution in [0.5, 0.6) is 5.75 Å². The van der Waals surface area contributed by atoms with Gasteiger partial charge in [0.25, 0.3) is 0 Å². The van der Waals surface area contributed by atoms with Crippen LogP contribution in [-0.4, -0.2) is 24.2 Å². The minimum atomic E-state index is -0.456. The number of aromatic nitrogens is 2. The predicted octanol–water partition coefficient (Wildman–Crippen LogP) is 3.09. The van der Waals surface area contributed by atoms with Crippen molar-refractivity contribution in [2.75, 3.05) is 14.2 Å². The second kappa shape index (κ2) is 5.95. The fraction of sp³-hybridized carbons (Fsp3) is 0.231. The van der Waals surface area contributed by atoms with Crippen molar-refractivity contribution in [1.82, 2.24) is 9.97 Å². The van der Waals surface area contributed by atoms with E-state index in [1.54, 1.807) is 12.1 Å². The molecule has 0 N–H and O–H groups in total. The molecule has 6 heteroatoms. The average molecular weight is 283 g/mol. The highest BCUT2D eigenvalue weighted by Gasteiger charge is 2.09. The monoisotopic (exact) mass is 282 g/mol. The molecule has 2 rings (SSSR count). The molecule has 0 aliphatic heterocycles. The van der Waals surface area contributed by atoms with E-state index >= 15 is 0 Å². The maximum absolute atomic E-state index is 13.7. The van der Waals surface area contributed by atoms with Gasteiger partial charge in [-0.25, -0.2) is 14.4 Å². The van der Waals surface area contributed by atoms with Gasteiger partial charge in [-0.3, -0.25) is 0 Å². The fourth-order valence-electron chi connectivity index (χ4n) is 1.63. The Balaban J connectivity index is 2.43. The molecule has 0 aliphatic rings. The molecule has 1 aromatic carbocycles. The molecule has 100 valence electrons. The smallest absolute Gasteiger partial charge is 0.165 e. The van der Waals surface area contributed by atoms with Gasteiger partial charge in [-0.1, -0.05) is 11.6 Å². The molecule has 1 aromatic heterocycles. The van der Waals surface area contributed by atoms with Crippen LogP contribution < -0.4 is 4.74 Å². The molecular weight excluding hydrogens is 271 g/mol. The number of benzene rings is 1. The molecule has 0 saturated heterocycles. The summed E-state index contributed by atoms with van der Waals surface area (Å²) in [5.41, 5.74) is 1.13. The normalized spacial score (nSPS) is 10.5. The van der Waals surface area contributed by atoms with Crippen molar-refractivity contribution in [3.63, 3.8) is 0 Å². The summed E-state index contributed by atoms with van der Waals surface area (Å²) < 4.78 is 23.5. The Bertz CT molecular complexity index is 593. The molecule has 0 bridgehead atoms. The number of nitrogens with zero attached hydrogens (tertiary/aromatic N) is 2. The van der Waals surface area contributed by atoms with E-state index in [1.807, 2.05) is 0 Å². The molecule has 0 aliphatic carbocycles. The Morgan fingerprint density at radius 1 is 1.21 bits per heavy atom. The van der Waals surface area contributed by atoms with E-state index in [2.05, 4.69) is 9.97 Å². The number of methoxy groups -OCH3 is 2. The standard InChI is InChI=1S/C13H12ClFN2O2/c1-18-7-13-16-10(6-12(14)17-13)8-3-4-11(19-2)9(15)5-8/h3-6H,7H2,1-2H3. The van der Waals surface area contributed by atoms with Crippen LogP contribution in [0.1, 0.15) is 5.82 Å². The lowest BCUT2D eigenvalue weighted by molar-refractivity contribution is 0.178. The molecule has 19 heavy (non-hydrogen) atoms. The van der Waals surface area contributed by atoms with Gasteiger partial charge >= 0.3 is 0 Å². The van der Waals surface area contributed by atoms with E-state index in [1.165, 1.54) is 26.4 Å². The SMILES string of the molecule is COCc1nc(Cl)cc(-c2ccc(OC)c(F)c2)n1. The third kappa shape index (κ3) is 3.19. The Hall–Kier alpha value is -1.72. The molecule has 0 unspecified atom stereocenters. The topological polar surface area (TPSA) is 44.2 Å². The van der Waals surface area contributed by atoms with Crippen LogP contribution >= 0.6 is 11.6 Å². The van der Waals surface area contributed by atoms with Crippen molar-refractivity contribution in [2.45, 2.75) is 6.61 Å². The molecule has 0 amide bonds. The van der Waals surface area contributed by atoms with Crippen molar-refractivity contribution in [3.05, 3.63) is 41.1 Å². The molecule has 4 nitrogen and oxygen atoms in total. The van der Waals surface area contributed by atoms with Gasteiger partial charge in [0.05, 0.1) is 12.8 Å². The Labute approximate surface area is 115 Å². The van der Waals surface area contributed by atoms with E-state index in [-0.39, 0.29) is 17.5 Å². The zero-order valence-corrected chi connectivity index (χ0v) is 11.2. The van der Waals surface area contributed by atoms with Crippen LogP contribution in [0.4, 0.5) is 4.39 Å². The lowest BCUT2D eigenvalue weighted by Crippen LogP contribution is -1.99. The first-order chi connectivity index (χ1) is 9.13. The number of halogens is 2. The first-order valence-corrected chi connectivity index (χ1v) is 5.88. The second-order valence-corrected chi connectivity index (χ2v) is 4.16. The van der Waals surface area contributed by atoms with Gasteiger partial charge < -0.3 is 9.47 Å². The number of rotatable bonds is 4. The largest absolute Gasteiger partial charge is 0.494 e. The van der Waals surface area contributed by atoms with Crippen LogP contribution in [0, 0.1) is 5.82 Å². The quantitative estimate of drug-likeness (QED) is 0.808. The molecule has 1 heterocycles. The summed E-state index contributed by atoms with van der Waals surface area (Å²) >= 11 is 5.91. The third-order valence-corrected chi connectivity index (χ3v) is 2.66. The Kier molecular flexibility index (Phi) is 4.29. The molecular formula is C13H12ClFN2O2. The maximum Gasteiger partial charge on any atom is 0.165 e. The highest BCUT2D eigenvalue weighted by molar-refractivity contribution is 6.29. The minimum absolute atomic E-state index is 0.181. The average Bonchev–Trinajstić information content (AvgIpc) is 2.38. The molecule has 0 atom stereocenters. The van der Waals surface area contributed by atoms with E-state index in [0.717, 1.165) is 0 Å². The van der Waals surface area contributed by atoms with Crippen LogP contribution in [0.25, 0.3) is 11.3 Å². The van der Waals surface area contributed by atoms with Gasteiger partial charge in [-0.15, -0.1) is 0 Å². The van der Waals surface area contributed by atoms with Crippen molar-refractivity contribution in [3.8, 4) is 17.0 Å².